The fourth-order valence-corrected chi connectivity index (χ4v) is 4.01. The van der Waals surface area contributed by atoms with Crippen LogP contribution >= 0.6 is 43.2 Å². The van der Waals surface area contributed by atoms with E-state index >= 15 is 0 Å². The highest BCUT2D eigenvalue weighted by Gasteiger charge is 2.16. The number of ether oxygens (including phenoxy) is 1. The number of benzene rings is 1. The minimum Gasteiger partial charge on any atom is -0.479 e. The molecule has 0 fully saturated rings. The summed E-state index contributed by atoms with van der Waals surface area (Å²) in [6.07, 6.45) is -0.861. The SMILES string of the molecule is CC(OCc1nc(-c2ccc(N(C)C)c(Br)c2)sc1Br)C(=O)O. The molecule has 5 nitrogen and oxygen atoms in total. The minimum absolute atomic E-state index is 0.154. The molecule has 0 aliphatic heterocycles. The van der Waals surface area contributed by atoms with Crippen molar-refractivity contribution in [2.45, 2.75) is 19.6 Å². The van der Waals surface area contributed by atoms with Crippen LogP contribution in [-0.2, 0) is 16.1 Å². The highest BCUT2D eigenvalue weighted by atomic mass is 79.9. The number of rotatable bonds is 6. The molecule has 0 radical (unpaired) electrons. The van der Waals surface area contributed by atoms with Gasteiger partial charge in [-0.15, -0.1) is 11.3 Å². The van der Waals surface area contributed by atoms with Crippen molar-refractivity contribution in [3.05, 3.63) is 32.2 Å². The first-order chi connectivity index (χ1) is 10.8. The van der Waals surface area contributed by atoms with E-state index in [1.165, 1.54) is 18.3 Å². The maximum atomic E-state index is 10.8. The van der Waals surface area contributed by atoms with Crippen molar-refractivity contribution in [1.29, 1.82) is 0 Å². The molecule has 2 aromatic rings. The summed E-state index contributed by atoms with van der Waals surface area (Å²) in [7, 11) is 3.97. The molecule has 0 amide bonds. The van der Waals surface area contributed by atoms with Crippen LogP contribution in [0.5, 0.6) is 0 Å². The number of anilines is 1. The predicted molar refractivity (Wildman–Crippen MR) is 99.2 cm³/mol. The summed E-state index contributed by atoms with van der Waals surface area (Å²) in [4.78, 5) is 17.4. The number of aliphatic carboxylic acids is 1. The summed E-state index contributed by atoms with van der Waals surface area (Å²) in [5, 5.41) is 9.70. The summed E-state index contributed by atoms with van der Waals surface area (Å²) < 4.78 is 7.13. The first-order valence-electron chi connectivity index (χ1n) is 6.76. The lowest BCUT2D eigenvalue weighted by Crippen LogP contribution is -2.19. The van der Waals surface area contributed by atoms with E-state index in [-0.39, 0.29) is 6.61 Å². The van der Waals surface area contributed by atoms with Gasteiger partial charge in [0.25, 0.3) is 0 Å². The van der Waals surface area contributed by atoms with Crippen molar-refractivity contribution in [2.24, 2.45) is 0 Å². The number of carbonyl (C=O) groups is 1. The number of thiazole rings is 1. The lowest BCUT2D eigenvalue weighted by molar-refractivity contribution is -0.149. The molecule has 0 bridgehead atoms. The highest BCUT2D eigenvalue weighted by molar-refractivity contribution is 9.11. The van der Waals surface area contributed by atoms with Gasteiger partial charge in [-0.3, -0.25) is 0 Å². The van der Waals surface area contributed by atoms with E-state index in [1.807, 2.05) is 37.2 Å². The second-order valence-electron chi connectivity index (χ2n) is 5.09. The number of halogens is 2. The summed E-state index contributed by atoms with van der Waals surface area (Å²) in [6, 6.07) is 6.05. The maximum absolute atomic E-state index is 10.8. The minimum atomic E-state index is -0.986. The average molecular weight is 464 g/mol. The molecule has 1 atom stereocenters. The Morgan fingerprint density at radius 3 is 2.70 bits per heavy atom. The third kappa shape index (κ3) is 4.53. The zero-order valence-corrected chi connectivity index (χ0v) is 16.8. The molecule has 1 aromatic heterocycles. The first kappa shape index (κ1) is 18.4. The van der Waals surface area contributed by atoms with Crippen molar-refractivity contribution in [2.75, 3.05) is 19.0 Å². The summed E-state index contributed by atoms with van der Waals surface area (Å²) in [5.74, 6) is -0.986. The lowest BCUT2D eigenvalue weighted by Gasteiger charge is -2.14. The molecular weight excluding hydrogens is 448 g/mol. The average Bonchev–Trinajstić information content (AvgIpc) is 2.85. The van der Waals surface area contributed by atoms with Crippen LogP contribution in [-0.4, -0.2) is 36.3 Å². The molecule has 0 aliphatic rings. The van der Waals surface area contributed by atoms with Crippen LogP contribution < -0.4 is 4.90 Å². The van der Waals surface area contributed by atoms with Gasteiger partial charge in [0.1, 0.15) is 5.01 Å². The monoisotopic (exact) mass is 462 g/mol. The van der Waals surface area contributed by atoms with E-state index in [1.54, 1.807) is 0 Å². The molecule has 1 heterocycles. The molecule has 2 rings (SSSR count). The number of carboxylic acids is 1. The Bertz CT molecular complexity index is 719. The van der Waals surface area contributed by atoms with Crippen LogP contribution in [0.25, 0.3) is 10.6 Å². The maximum Gasteiger partial charge on any atom is 0.332 e. The molecule has 0 aliphatic carbocycles. The highest BCUT2D eigenvalue weighted by Crippen LogP contribution is 2.36. The Balaban J connectivity index is 2.20. The van der Waals surface area contributed by atoms with Gasteiger partial charge in [0, 0.05) is 24.1 Å². The van der Waals surface area contributed by atoms with E-state index in [9.17, 15) is 4.79 Å². The van der Waals surface area contributed by atoms with Gasteiger partial charge < -0.3 is 14.7 Å². The fourth-order valence-electron chi connectivity index (χ4n) is 1.82. The van der Waals surface area contributed by atoms with Gasteiger partial charge in [-0.25, -0.2) is 9.78 Å². The molecule has 1 unspecified atom stereocenters. The second kappa shape index (κ2) is 7.74. The Hall–Kier alpha value is -0.960. The molecule has 0 saturated carbocycles. The summed E-state index contributed by atoms with van der Waals surface area (Å²) in [5.41, 5.74) is 2.78. The van der Waals surface area contributed by atoms with Gasteiger partial charge in [-0.1, -0.05) is 0 Å². The van der Waals surface area contributed by atoms with Gasteiger partial charge in [0.05, 0.1) is 21.8 Å². The van der Waals surface area contributed by atoms with Crippen LogP contribution in [0.15, 0.2) is 26.5 Å². The largest absolute Gasteiger partial charge is 0.479 e. The van der Waals surface area contributed by atoms with Crippen LogP contribution in [0, 0.1) is 0 Å². The Labute approximate surface area is 155 Å². The molecule has 8 heteroatoms. The molecule has 23 heavy (non-hydrogen) atoms. The van der Waals surface area contributed by atoms with Gasteiger partial charge in [-0.2, -0.15) is 0 Å². The van der Waals surface area contributed by atoms with Gasteiger partial charge in [0.15, 0.2) is 6.10 Å². The third-order valence-electron chi connectivity index (χ3n) is 3.14. The first-order valence-corrected chi connectivity index (χ1v) is 9.16. The molecule has 1 N–H and O–H groups in total. The lowest BCUT2D eigenvalue weighted by atomic mass is 10.2. The van der Waals surface area contributed by atoms with Crippen molar-refractivity contribution < 1.29 is 14.6 Å². The van der Waals surface area contributed by atoms with Gasteiger partial charge in [-0.05, 0) is 57.0 Å². The van der Waals surface area contributed by atoms with Crippen molar-refractivity contribution in [3.63, 3.8) is 0 Å². The number of nitrogens with zero attached hydrogens (tertiary/aromatic N) is 2. The number of hydrogen-bond donors (Lipinski definition) is 1. The molecular formula is C15H16Br2N2O3S. The quantitative estimate of drug-likeness (QED) is 0.688. The molecule has 124 valence electrons. The normalized spacial score (nSPS) is 12.2. The standard InChI is InChI=1S/C15H16Br2N2O3S/c1-8(15(20)21)22-7-11-13(17)23-14(18-11)9-4-5-12(19(2)3)10(16)6-9/h4-6,8H,7H2,1-3H3,(H,20,21). The van der Waals surface area contributed by atoms with E-state index in [2.05, 4.69) is 36.8 Å². The smallest absolute Gasteiger partial charge is 0.332 e. The molecule has 0 saturated heterocycles. The fraction of sp³-hybridized carbons (Fsp3) is 0.333. The predicted octanol–water partition coefficient (Wildman–Crippen LogP) is 4.39. The van der Waals surface area contributed by atoms with Gasteiger partial charge in [0.2, 0.25) is 0 Å². The van der Waals surface area contributed by atoms with E-state index in [0.717, 1.165) is 24.5 Å². The summed E-state index contributed by atoms with van der Waals surface area (Å²) >= 11 is 8.53. The number of carboxylic acid groups (broad SMARTS) is 1. The van der Waals surface area contributed by atoms with Crippen LogP contribution in [0.2, 0.25) is 0 Å². The van der Waals surface area contributed by atoms with Crippen molar-refractivity contribution in [1.82, 2.24) is 4.98 Å². The van der Waals surface area contributed by atoms with Crippen LogP contribution in [0.4, 0.5) is 5.69 Å². The van der Waals surface area contributed by atoms with Crippen LogP contribution in [0.3, 0.4) is 0 Å². The molecule has 0 spiro atoms. The Morgan fingerprint density at radius 2 is 2.13 bits per heavy atom. The van der Waals surface area contributed by atoms with Crippen LogP contribution in [0.1, 0.15) is 12.6 Å². The van der Waals surface area contributed by atoms with E-state index < -0.39 is 12.1 Å². The van der Waals surface area contributed by atoms with Crippen molar-refractivity contribution >= 4 is 54.9 Å². The Kier molecular flexibility index (Phi) is 6.19. The zero-order valence-electron chi connectivity index (χ0n) is 12.8. The van der Waals surface area contributed by atoms with E-state index in [0.29, 0.717) is 5.69 Å². The molecule has 1 aromatic carbocycles. The van der Waals surface area contributed by atoms with Gasteiger partial charge >= 0.3 is 5.97 Å². The topological polar surface area (TPSA) is 62.7 Å². The third-order valence-corrected chi connectivity index (χ3v) is 5.66. The summed E-state index contributed by atoms with van der Waals surface area (Å²) in [6.45, 7) is 1.65. The number of aromatic nitrogens is 1. The zero-order chi connectivity index (χ0) is 17.1. The number of hydrogen-bond acceptors (Lipinski definition) is 5. The Morgan fingerprint density at radius 1 is 1.43 bits per heavy atom. The van der Waals surface area contributed by atoms with E-state index in [4.69, 9.17) is 9.84 Å². The van der Waals surface area contributed by atoms with Crippen molar-refractivity contribution in [3.8, 4) is 10.6 Å². The second-order valence-corrected chi connectivity index (χ2v) is 8.26.